The molecule has 0 saturated carbocycles. The number of nitrogens with one attached hydrogen (secondary N) is 1. The van der Waals surface area contributed by atoms with Crippen LogP contribution in [-0.2, 0) is 39.6 Å². The number of alkyl halides is 3. The number of ether oxygens (including phenoxy) is 5. The van der Waals surface area contributed by atoms with Gasteiger partial charge in [-0.2, -0.15) is 0 Å². The maximum absolute atomic E-state index is 13.4. The molecule has 4 rings (SSSR count). The van der Waals surface area contributed by atoms with Crippen molar-refractivity contribution in [1.82, 2.24) is 0 Å². The van der Waals surface area contributed by atoms with E-state index in [-0.39, 0.29) is 31.8 Å². The monoisotopic (exact) mass is 804 g/mol. The van der Waals surface area contributed by atoms with Gasteiger partial charge in [0.05, 0.1) is 26.7 Å². The van der Waals surface area contributed by atoms with Crippen molar-refractivity contribution in [2.24, 2.45) is 5.11 Å². The normalized spacial score (nSPS) is 20.5. The lowest BCUT2D eigenvalue weighted by atomic mass is 9.96. The summed E-state index contributed by atoms with van der Waals surface area (Å²) in [6.07, 6.45) is -5.46. The van der Waals surface area contributed by atoms with Crippen LogP contribution in [0.15, 0.2) is 90.0 Å². The molecule has 0 radical (unpaired) electrons. The number of hydrogen-bond acceptors (Lipinski definition) is 10. The number of methoxy groups -OCH3 is 1. The Morgan fingerprint density at radius 3 is 1.98 bits per heavy atom. The van der Waals surface area contributed by atoms with Gasteiger partial charge in [0, 0.05) is 11.3 Å². The molecule has 1 aliphatic heterocycles. The predicted molar refractivity (Wildman–Crippen MR) is 206 cm³/mol. The Morgan fingerprint density at radius 2 is 1.49 bits per heavy atom. The maximum Gasteiger partial charge on any atom is 0.306 e. The van der Waals surface area contributed by atoms with E-state index < -0.39 is 59.7 Å². The van der Waals surface area contributed by atoms with E-state index in [0.717, 1.165) is 10.4 Å². The Bertz CT molecular complexity index is 1700. The zero-order valence-corrected chi connectivity index (χ0v) is 33.3. The molecular weight excluding hydrogens is 763 g/mol. The van der Waals surface area contributed by atoms with Crippen LogP contribution in [0.3, 0.4) is 0 Å². The molecular formula is C37H43Cl3N4O8Si. The van der Waals surface area contributed by atoms with Crippen LogP contribution < -0.4 is 15.1 Å². The molecule has 1 heterocycles. The van der Waals surface area contributed by atoms with Gasteiger partial charge in [-0.25, -0.2) is 0 Å². The van der Waals surface area contributed by atoms with Crippen LogP contribution in [0.4, 0.5) is 0 Å². The van der Waals surface area contributed by atoms with Crippen LogP contribution in [-0.4, -0.2) is 74.1 Å². The van der Waals surface area contributed by atoms with Crippen molar-refractivity contribution >= 4 is 71.1 Å². The fourth-order valence-electron chi connectivity index (χ4n) is 6.19. The molecule has 12 nitrogen and oxygen atoms in total. The average Bonchev–Trinajstić information content (AvgIpc) is 3.12. The highest BCUT2D eigenvalue weighted by Crippen LogP contribution is 2.39. The van der Waals surface area contributed by atoms with Crippen molar-refractivity contribution in [2.75, 3.05) is 13.7 Å². The summed E-state index contributed by atoms with van der Waals surface area (Å²) >= 11 is 18.0. The SMILES string of the molecule is COc1ccc(CO[C@H]2[C@H](OC(=O)CCC(C)=O)[C@@H](CO[Si](c3ccccc3)(c3ccccc3)C(C)(C)C)OC(OC(=N)C(Cl)(Cl)Cl)[C@@H]2N=[N+]=[N-])cc1. The second-order valence-electron chi connectivity index (χ2n) is 13.4. The van der Waals surface area contributed by atoms with Crippen LogP contribution >= 0.6 is 34.8 Å². The second kappa shape index (κ2) is 18.6. The summed E-state index contributed by atoms with van der Waals surface area (Å²) in [5.74, 6) is -1.09. The van der Waals surface area contributed by atoms with Gasteiger partial charge in [-0.3, -0.25) is 10.2 Å². The van der Waals surface area contributed by atoms with Crippen molar-refractivity contribution in [2.45, 2.75) is 86.6 Å². The van der Waals surface area contributed by atoms with Crippen LogP contribution in [0, 0.1) is 5.41 Å². The van der Waals surface area contributed by atoms with E-state index in [2.05, 4.69) is 30.8 Å². The molecule has 1 N–H and O–H groups in total. The molecule has 284 valence electrons. The molecule has 3 aromatic carbocycles. The Morgan fingerprint density at radius 1 is 0.906 bits per heavy atom. The first-order valence-electron chi connectivity index (χ1n) is 16.8. The van der Waals surface area contributed by atoms with Crippen LogP contribution in [0.25, 0.3) is 10.4 Å². The number of carbonyl (C=O) groups is 2. The summed E-state index contributed by atoms with van der Waals surface area (Å²) in [5, 5.41) is 13.8. The average molecular weight is 806 g/mol. The number of halogens is 3. The Kier molecular flexibility index (Phi) is 14.8. The van der Waals surface area contributed by atoms with Gasteiger partial charge in [0.15, 0.2) is 6.10 Å². The molecule has 0 amide bonds. The summed E-state index contributed by atoms with van der Waals surface area (Å²) in [6, 6.07) is 25.5. The molecule has 1 unspecified atom stereocenters. The van der Waals surface area contributed by atoms with Crippen LogP contribution in [0.5, 0.6) is 5.75 Å². The molecule has 0 aliphatic carbocycles. The van der Waals surface area contributed by atoms with Crippen molar-refractivity contribution in [3.05, 3.63) is 101 Å². The highest BCUT2D eigenvalue weighted by atomic mass is 35.6. The first kappa shape index (κ1) is 42.1. The van der Waals surface area contributed by atoms with Crippen LogP contribution in [0.1, 0.15) is 46.1 Å². The summed E-state index contributed by atoms with van der Waals surface area (Å²) in [6.45, 7) is 7.47. The number of benzene rings is 3. The number of rotatable bonds is 15. The molecule has 53 heavy (non-hydrogen) atoms. The molecule has 0 spiro atoms. The number of nitrogens with zero attached hydrogens (tertiary/aromatic N) is 3. The lowest BCUT2D eigenvalue weighted by Crippen LogP contribution is -2.68. The number of ketones is 1. The highest BCUT2D eigenvalue weighted by Gasteiger charge is 2.54. The van der Waals surface area contributed by atoms with Gasteiger partial charge < -0.3 is 32.9 Å². The third kappa shape index (κ3) is 10.7. The third-order valence-electron chi connectivity index (χ3n) is 8.72. The van der Waals surface area contributed by atoms with Crippen molar-refractivity contribution < 1.29 is 37.7 Å². The van der Waals surface area contributed by atoms with E-state index in [1.54, 1.807) is 31.4 Å². The molecule has 5 atom stereocenters. The van der Waals surface area contributed by atoms with Crippen molar-refractivity contribution in [3.8, 4) is 5.75 Å². The minimum absolute atomic E-state index is 0.0372. The molecule has 3 aromatic rings. The summed E-state index contributed by atoms with van der Waals surface area (Å²) in [7, 11) is -1.65. The maximum atomic E-state index is 13.4. The van der Waals surface area contributed by atoms with Gasteiger partial charge in [-0.05, 0) is 45.6 Å². The predicted octanol–water partition coefficient (Wildman–Crippen LogP) is 7.21. The van der Waals surface area contributed by atoms with Gasteiger partial charge in [-0.15, -0.1) is 0 Å². The van der Waals surface area contributed by atoms with Gasteiger partial charge >= 0.3 is 5.97 Å². The minimum atomic E-state index is -3.20. The lowest BCUT2D eigenvalue weighted by Gasteiger charge is -2.47. The first-order chi connectivity index (χ1) is 25.1. The fourth-order valence-corrected chi connectivity index (χ4v) is 10.9. The van der Waals surface area contributed by atoms with Gasteiger partial charge in [0.2, 0.25) is 12.2 Å². The zero-order valence-electron chi connectivity index (χ0n) is 30.0. The number of carbonyl (C=O) groups excluding carboxylic acids is 2. The first-order valence-corrected chi connectivity index (χ1v) is 19.9. The molecule has 16 heteroatoms. The summed E-state index contributed by atoms with van der Waals surface area (Å²) in [4.78, 5) is 28.2. The van der Waals surface area contributed by atoms with Crippen molar-refractivity contribution in [1.29, 1.82) is 5.41 Å². The van der Waals surface area contributed by atoms with Crippen molar-refractivity contribution in [3.63, 3.8) is 0 Å². The van der Waals surface area contributed by atoms with E-state index in [1.165, 1.54) is 6.92 Å². The third-order valence-corrected chi connectivity index (χ3v) is 14.2. The Balaban J connectivity index is 1.84. The lowest BCUT2D eigenvalue weighted by molar-refractivity contribution is -0.259. The van der Waals surface area contributed by atoms with E-state index in [0.29, 0.717) is 11.3 Å². The molecule has 0 aromatic heterocycles. The number of hydrogen-bond donors (Lipinski definition) is 1. The quantitative estimate of drug-likeness (QED) is 0.0246. The number of azide groups is 1. The summed E-state index contributed by atoms with van der Waals surface area (Å²) in [5.41, 5.74) is 10.4. The topological polar surface area (TPSA) is 162 Å². The Labute approximate surface area is 325 Å². The fraction of sp³-hybridized carbons (Fsp3) is 0.432. The molecule has 1 fully saturated rings. The van der Waals surface area contributed by atoms with Crippen LogP contribution in [0.2, 0.25) is 5.04 Å². The second-order valence-corrected chi connectivity index (χ2v) is 20.0. The van der Waals surface area contributed by atoms with E-state index >= 15 is 0 Å². The zero-order chi connectivity index (χ0) is 38.8. The van der Waals surface area contributed by atoms with Gasteiger partial charge in [0.1, 0.15) is 29.8 Å². The number of esters is 1. The largest absolute Gasteiger partial charge is 0.497 e. The Hall–Kier alpha value is -3.65. The smallest absolute Gasteiger partial charge is 0.306 e. The highest BCUT2D eigenvalue weighted by molar-refractivity contribution is 6.99. The van der Waals surface area contributed by atoms with E-state index in [9.17, 15) is 15.1 Å². The molecule has 1 aliphatic rings. The standard InChI is InChI=1S/C37H43Cl3N4O8Si/c1-24(45)16-21-30(46)51-32-29(23-49-53(36(2,3)4,27-12-8-6-9-13-27)28-14-10-7-11-15-28)50-34(52-35(41)37(38,39)40)31(43-44-42)33(32)48-22-25-17-19-26(47-5)20-18-25/h6-15,17-20,29,31-34,41H,16,21-23H2,1-5H3/t29-,31-,32-,33-,34?/m1/s1. The van der Waals surface area contributed by atoms with Gasteiger partial charge in [-0.1, -0.05) is 133 Å². The summed E-state index contributed by atoms with van der Waals surface area (Å²) < 4.78 is 34.8. The minimum Gasteiger partial charge on any atom is -0.497 e. The van der Waals surface area contributed by atoms with Gasteiger partial charge in [0.25, 0.3) is 12.1 Å². The molecule has 0 bridgehead atoms. The van der Waals surface area contributed by atoms with E-state index in [4.69, 9.17) is 68.3 Å². The molecule has 1 saturated heterocycles. The number of Topliss-reactive ketones (excluding diaryl/α,β-unsaturated/α-hetero) is 1. The van der Waals surface area contributed by atoms with E-state index in [1.807, 2.05) is 60.7 Å².